The summed E-state index contributed by atoms with van der Waals surface area (Å²) in [5.41, 5.74) is 1.91. The van der Waals surface area contributed by atoms with E-state index in [1.165, 1.54) is 4.68 Å². The minimum Gasteiger partial charge on any atom is -0.497 e. The predicted octanol–water partition coefficient (Wildman–Crippen LogP) is 3.14. The Morgan fingerprint density at radius 2 is 2.11 bits per heavy atom. The maximum Gasteiger partial charge on any atom is 0.276 e. The van der Waals surface area contributed by atoms with Gasteiger partial charge in [0.2, 0.25) is 0 Å². The van der Waals surface area contributed by atoms with Crippen molar-refractivity contribution in [1.29, 1.82) is 0 Å². The van der Waals surface area contributed by atoms with Gasteiger partial charge in [0, 0.05) is 6.54 Å². The number of ether oxygens (including phenoxy) is 2. The molecule has 4 rings (SSSR count). The zero-order chi connectivity index (χ0) is 19.5. The number of rotatable bonds is 4. The number of hydrogen-bond acceptors (Lipinski definition) is 5. The van der Waals surface area contributed by atoms with Gasteiger partial charge >= 0.3 is 0 Å². The van der Waals surface area contributed by atoms with Crippen LogP contribution in [0.1, 0.15) is 22.2 Å². The molecule has 144 valence electrons. The van der Waals surface area contributed by atoms with Gasteiger partial charge in [-0.1, -0.05) is 41.1 Å². The first-order valence-electron chi connectivity index (χ1n) is 8.88. The summed E-state index contributed by atoms with van der Waals surface area (Å²) in [6.45, 7) is 1.38. The number of para-hydroxylation sites is 1. The zero-order valence-corrected chi connectivity index (χ0v) is 16.0. The summed E-state index contributed by atoms with van der Waals surface area (Å²) in [7, 11) is 1.62. The second-order valence-corrected chi connectivity index (χ2v) is 6.79. The molecule has 0 radical (unpaired) electrons. The van der Waals surface area contributed by atoms with E-state index in [1.807, 2.05) is 42.5 Å². The third-order valence-corrected chi connectivity index (χ3v) is 4.95. The number of methoxy groups -OCH3 is 1. The van der Waals surface area contributed by atoms with E-state index in [1.54, 1.807) is 24.3 Å². The first-order valence-corrected chi connectivity index (χ1v) is 9.25. The number of aromatic nitrogens is 3. The molecule has 28 heavy (non-hydrogen) atoms. The molecule has 1 fully saturated rings. The molecule has 8 heteroatoms. The molecule has 1 atom stereocenters. The standard InChI is InChI=1S/C20H19ClN4O3/c1-27-15-6-4-5-14(11-15)19-13-24(9-10-28-19)20(26)17-12-25(23-22-17)18-8-3-2-7-16(18)21/h2-8,11-12,19H,9-10,13H2,1H3. The Balaban J connectivity index is 1.51. The minimum absolute atomic E-state index is 0.186. The molecular formula is C20H19ClN4O3. The Hall–Kier alpha value is -2.90. The first-order chi connectivity index (χ1) is 13.7. The fraction of sp³-hybridized carbons (Fsp3) is 0.250. The van der Waals surface area contributed by atoms with Crippen molar-refractivity contribution < 1.29 is 14.3 Å². The summed E-state index contributed by atoms with van der Waals surface area (Å²) < 4.78 is 12.6. The van der Waals surface area contributed by atoms with Crippen LogP contribution in [0.5, 0.6) is 5.75 Å². The highest BCUT2D eigenvalue weighted by atomic mass is 35.5. The Bertz CT molecular complexity index is 991. The highest BCUT2D eigenvalue weighted by molar-refractivity contribution is 6.32. The summed E-state index contributed by atoms with van der Waals surface area (Å²) in [5.74, 6) is 0.571. The third kappa shape index (κ3) is 3.72. The van der Waals surface area contributed by atoms with E-state index < -0.39 is 0 Å². The van der Waals surface area contributed by atoms with E-state index in [-0.39, 0.29) is 17.7 Å². The van der Waals surface area contributed by atoms with Gasteiger partial charge in [-0.05, 0) is 29.8 Å². The maximum atomic E-state index is 12.9. The zero-order valence-electron chi connectivity index (χ0n) is 15.3. The lowest BCUT2D eigenvalue weighted by atomic mass is 10.1. The van der Waals surface area contributed by atoms with Crippen molar-refractivity contribution in [2.24, 2.45) is 0 Å². The Morgan fingerprint density at radius 3 is 2.93 bits per heavy atom. The van der Waals surface area contributed by atoms with Crippen LogP contribution in [0.15, 0.2) is 54.7 Å². The van der Waals surface area contributed by atoms with Crippen molar-refractivity contribution in [3.8, 4) is 11.4 Å². The second kappa shape index (κ2) is 8.00. The van der Waals surface area contributed by atoms with Gasteiger partial charge in [-0.3, -0.25) is 4.79 Å². The van der Waals surface area contributed by atoms with Crippen LogP contribution in [-0.4, -0.2) is 52.6 Å². The van der Waals surface area contributed by atoms with Gasteiger partial charge in [0.15, 0.2) is 5.69 Å². The smallest absolute Gasteiger partial charge is 0.276 e. The van der Waals surface area contributed by atoms with Crippen LogP contribution >= 0.6 is 11.6 Å². The number of carbonyl (C=O) groups is 1. The third-order valence-electron chi connectivity index (χ3n) is 4.63. The van der Waals surface area contributed by atoms with Crippen LogP contribution in [0.4, 0.5) is 0 Å². The second-order valence-electron chi connectivity index (χ2n) is 6.39. The molecule has 0 N–H and O–H groups in total. The summed E-state index contributed by atoms with van der Waals surface area (Å²) in [6.07, 6.45) is 1.38. The van der Waals surface area contributed by atoms with Gasteiger partial charge in [-0.25, -0.2) is 4.68 Å². The molecule has 1 unspecified atom stereocenters. The molecule has 0 bridgehead atoms. The Labute approximate surface area is 167 Å². The minimum atomic E-state index is -0.216. The molecule has 3 aromatic rings. The molecule has 1 aliphatic rings. The molecule has 2 heterocycles. The average Bonchev–Trinajstić information content (AvgIpc) is 3.23. The number of morpholine rings is 1. The fourth-order valence-electron chi connectivity index (χ4n) is 3.16. The Morgan fingerprint density at radius 1 is 1.25 bits per heavy atom. The van der Waals surface area contributed by atoms with Crippen LogP contribution in [0.25, 0.3) is 5.69 Å². The van der Waals surface area contributed by atoms with Gasteiger partial charge in [0.1, 0.15) is 11.9 Å². The molecule has 2 aromatic carbocycles. The van der Waals surface area contributed by atoms with E-state index in [0.29, 0.717) is 30.4 Å². The van der Waals surface area contributed by atoms with Gasteiger partial charge in [-0.15, -0.1) is 5.10 Å². The van der Waals surface area contributed by atoms with E-state index in [0.717, 1.165) is 11.3 Å². The van der Waals surface area contributed by atoms with Gasteiger partial charge in [0.25, 0.3) is 5.91 Å². The largest absolute Gasteiger partial charge is 0.497 e. The van der Waals surface area contributed by atoms with E-state index in [9.17, 15) is 4.79 Å². The van der Waals surface area contributed by atoms with Crippen molar-refractivity contribution in [3.05, 3.63) is 71.0 Å². The number of carbonyl (C=O) groups excluding carboxylic acids is 1. The number of halogens is 1. The summed E-state index contributed by atoms with van der Waals surface area (Å²) in [4.78, 5) is 14.7. The van der Waals surface area contributed by atoms with Crippen molar-refractivity contribution in [3.63, 3.8) is 0 Å². The SMILES string of the molecule is COc1cccc(C2CN(C(=O)c3cn(-c4ccccc4Cl)nn3)CCO2)c1. The number of amides is 1. The maximum absolute atomic E-state index is 12.9. The molecule has 1 aromatic heterocycles. The topological polar surface area (TPSA) is 69.5 Å². The van der Waals surface area contributed by atoms with Crippen LogP contribution in [0, 0.1) is 0 Å². The van der Waals surface area contributed by atoms with Crippen molar-refractivity contribution >= 4 is 17.5 Å². The van der Waals surface area contributed by atoms with Crippen LogP contribution in [-0.2, 0) is 4.74 Å². The molecule has 0 aliphatic carbocycles. The quantitative estimate of drug-likeness (QED) is 0.675. The van der Waals surface area contributed by atoms with Crippen LogP contribution in [0.3, 0.4) is 0 Å². The number of benzene rings is 2. The van der Waals surface area contributed by atoms with Crippen molar-refractivity contribution in [2.75, 3.05) is 26.8 Å². The van der Waals surface area contributed by atoms with Crippen molar-refractivity contribution in [1.82, 2.24) is 19.9 Å². The van der Waals surface area contributed by atoms with E-state index >= 15 is 0 Å². The summed E-state index contributed by atoms with van der Waals surface area (Å²) >= 11 is 6.20. The normalized spacial score (nSPS) is 16.8. The lowest BCUT2D eigenvalue weighted by Gasteiger charge is -2.32. The predicted molar refractivity (Wildman–Crippen MR) is 104 cm³/mol. The van der Waals surface area contributed by atoms with Crippen molar-refractivity contribution in [2.45, 2.75) is 6.10 Å². The molecule has 1 amide bonds. The van der Waals surface area contributed by atoms with E-state index in [4.69, 9.17) is 21.1 Å². The number of nitrogens with zero attached hydrogens (tertiary/aromatic N) is 4. The highest BCUT2D eigenvalue weighted by Crippen LogP contribution is 2.26. The van der Waals surface area contributed by atoms with Crippen LogP contribution < -0.4 is 4.74 Å². The summed E-state index contributed by atoms with van der Waals surface area (Å²) in [5, 5.41) is 8.62. The molecule has 1 aliphatic heterocycles. The molecule has 0 saturated carbocycles. The fourth-order valence-corrected chi connectivity index (χ4v) is 3.38. The first kappa shape index (κ1) is 18.5. The van der Waals surface area contributed by atoms with Crippen LogP contribution in [0.2, 0.25) is 5.02 Å². The molecule has 7 nitrogen and oxygen atoms in total. The Kier molecular flexibility index (Phi) is 5.27. The highest BCUT2D eigenvalue weighted by Gasteiger charge is 2.28. The molecule has 1 saturated heterocycles. The average molecular weight is 399 g/mol. The van der Waals surface area contributed by atoms with Gasteiger partial charge < -0.3 is 14.4 Å². The van der Waals surface area contributed by atoms with Gasteiger partial charge in [0.05, 0.1) is 37.2 Å². The molecule has 0 spiro atoms. The van der Waals surface area contributed by atoms with Gasteiger partial charge in [-0.2, -0.15) is 0 Å². The lowest BCUT2D eigenvalue weighted by Crippen LogP contribution is -2.42. The lowest BCUT2D eigenvalue weighted by molar-refractivity contribution is -0.0230. The number of hydrogen-bond donors (Lipinski definition) is 0. The summed E-state index contributed by atoms with van der Waals surface area (Å²) in [6, 6.07) is 14.9. The van der Waals surface area contributed by atoms with E-state index in [2.05, 4.69) is 10.3 Å². The molecular weight excluding hydrogens is 380 g/mol. The monoisotopic (exact) mass is 398 g/mol.